The molecular weight excluding hydrogens is 282 g/mol. The maximum atomic E-state index is 11.3. The molecule has 0 fully saturated rings. The van der Waals surface area contributed by atoms with Gasteiger partial charge in [0.15, 0.2) is 0 Å². The molecule has 0 aliphatic carbocycles. The van der Waals surface area contributed by atoms with Gasteiger partial charge in [0.05, 0.1) is 11.6 Å². The Morgan fingerprint density at radius 2 is 1.95 bits per heavy atom. The molecule has 6 nitrogen and oxygen atoms in total. The SMILES string of the molecule is COC(OC)c1cc(-c2cccc([C](C)C(N)=O)c2)n(C)n1. The molecule has 1 aromatic heterocycles. The number of methoxy groups -OCH3 is 2. The number of carbonyl (C=O) groups excluding carboxylic acids is 1. The predicted octanol–water partition coefficient (Wildman–Crippen LogP) is 1.81. The van der Waals surface area contributed by atoms with Gasteiger partial charge in [-0.25, -0.2) is 0 Å². The van der Waals surface area contributed by atoms with Gasteiger partial charge in [0.2, 0.25) is 12.2 Å². The van der Waals surface area contributed by atoms with Gasteiger partial charge in [0, 0.05) is 26.8 Å². The van der Waals surface area contributed by atoms with Crippen molar-refractivity contribution < 1.29 is 14.3 Å². The van der Waals surface area contributed by atoms with E-state index in [-0.39, 0.29) is 0 Å². The van der Waals surface area contributed by atoms with Crippen LogP contribution in [0.4, 0.5) is 0 Å². The van der Waals surface area contributed by atoms with Crippen LogP contribution < -0.4 is 5.73 Å². The standard InChI is InChI=1S/C16H20N3O3/c1-10(15(17)20)11-6-5-7-12(8-11)14-9-13(18-19(14)2)16(21-3)22-4/h5-9,16H,1-4H3,(H2,17,20). The number of nitrogens with two attached hydrogens (primary N) is 1. The van der Waals surface area contributed by atoms with E-state index in [4.69, 9.17) is 15.2 Å². The molecule has 2 rings (SSSR count). The molecule has 1 aromatic carbocycles. The van der Waals surface area contributed by atoms with Crippen LogP contribution in [0, 0.1) is 5.92 Å². The predicted molar refractivity (Wildman–Crippen MR) is 82.6 cm³/mol. The van der Waals surface area contributed by atoms with Crippen LogP contribution >= 0.6 is 0 Å². The van der Waals surface area contributed by atoms with E-state index in [1.54, 1.807) is 25.8 Å². The molecule has 0 aliphatic rings. The van der Waals surface area contributed by atoms with Crippen LogP contribution in [0.3, 0.4) is 0 Å². The molecule has 0 saturated heterocycles. The third kappa shape index (κ3) is 3.18. The number of hydrogen-bond acceptors (Lipinski definition) is 4. The molecular formula is C16H20N3O3. The smallest absolute Gasteiger partial charge is 0.229 e. The van der Waals surface area contributed by atoms with E-state index < -0.39 is 12.2 Å². The van der Waals surface area contributed by atoms with Gasteiger partial charge in [-0.2, -0.15) is 5.10 Å². The van der Waals surface area contributed by atoms with Crippen LogP contribution in [0.5, 0.6) is 0 Å². The Balaban J connectivity index is 2.40. The largest absolute Gasteiger partial charge is 0.369 e. The van der Waals surface area contributed by atoms with Crippen molar-refractivity contribution in [2.75, 3.05) is 14.2 Å². The van der Waals surface area contributed by atoms with Crippen LogP contribution in [-0.4, -0.2) is 29.9 Å². The Hall–Kier alpha value is -2.18. The highest BCUT2D eigenvalue weighted by Gasteiger charge is 2.18. The van der Waals surface area contributed by atoms with Gasteiger partial charge < -0.3 is 15.2 Å². The van der Waals surface area contributed by atoms with Gasteiger partial charge in [-0.3, -0.25) is 9.48 Å². The summed E-state index contributed by atoms with van der Waals surface area (Å²) < 4.78 is 12.2. The molecule has 2 aromatic rings. The second-order valence-corrected chi connectivity index (χ2v) is 4.95. The average molecular weight is 302 g/mol. The van der Waals surface area contributed by atoms with E-state index in [1.165, 1.54) is 0 Å². The number of nitrogens with zero attached hydrogens (tertiary/aromatic N) is 2. The number of aromatic nitrogens is 2. The van der Waals surface area contributed by atoms with Crippen LogP contribution in [0.15, 0.2) is 30.3 Å². The van der Waals surface area contributed by atoms with Crippen molar-refractivity contribution in [1.82, 2.24) is 9.78 Å². The lowest BCUT2D eigenvalue weighted by Crippen LogP contribution is -2.19. The first-order chi connectivity index (χ1) is 10.5. The Labute approximate surface area is 129 Å². The summed E-state index contributed by atoms with van der Waals surface area (Å²) in [7, 11) is 4.97. The topological polar surface area (TPSA) is 79.4 Å². The van der Waals surface area contributed by atoms with E-state index in [0.717, 1.165) is 16.8 Å². The molecule has 1 heterocycles. The van der Waals surface area contributed by atoms with Crippen LogP contribution in [0.2, 0.25) is 0 Å². The number of amides is 1. The number of rotatable bonds is 6. The number of ether oxygens (including phenoxy) is 2. The summed E-state index contributed by atoms with van der Waals surface area (Å²) in [6, 6.07) is 9.50. The summed E-state index contributed by atoms with van der Waals surface area (Å²) in [6.45, 7) is 1.71. The molecule has 1 radical (unpaired) electrons. The first-order valence-corrected chi connectivity index (χ1v) is 6.81. The minimum atomic E-state index is -0.512. The van der Waals surface area contributed by atoms with E-state index in [2.05, 4.69) is 5.10 Å². The van der Waals surface area contributed by atoms with E-state index in [0.29, 0.717) is 11.6 Å². The van der Waals surface area contributed by atoms with Crippen molar-refractivity contribution in [3.63, 3.8) is 0 Å². The lowest BCUT2D eigenvalue weighted by atomic mass is 9.97. The Kier molecular flexibility index (Phi) is 4.95. The van der Waals surface area contributed by atoms with Crippen molar-refractivity contribution in [1.29, 1.82) is 0 Å². The molecule has 0 saturated carbocycles. The van der Waals surface area contributed by atoms with Crippen LogP contribution in [-0.2, 0) is 21.3 Å². The van der Waals surface area contributed by atoms with Crippen molar-refractivity contribution in [2.45, 2.75) is 13.2 Å². The molecule has 117 valence electrons. The Bertz CT molecular complexity index is 662. The first kappa shape index (κ1) is 16.2. The van der Waals surface area contributed by atoms with Gasteiger partial charge in [0.25, 0.3) is 0 Å². The zero-order valence-corrected chi connectivity index (χ0v) is 13.2. The fraction of sp³-hybridized carbons (Fsp3) is 0.312. The summed E-state index contributed by atoms with van der Waals surface area (Å²) in [5, 5.41) is 4.41. The van der Waals surface area contributed by atoms with Crippen LogP contribution in [0.25, 0.3) is 11.3 Å². The van der Waals surface area contributed by atoms with Gasteiger partial charge in [-0.15, -0.1) is 0 Å². The molecule has 0 atom stereocenters. The number of benzene rings is 1. The molecule has 1 amide bonds. The zero-order valence-electron chi connectivity index (χ0n) is 13.2. The van der Waals surface area contributed by atoms with Gasteiger partial charge in [0.1, 0.15) is 5.69 Å². The highest BCUT2D eigenvalue weighted by Crippen LogP contribution is 2.26. The zero-order chi connectivity index (χ0) is 16.3. The summed E-state index contributed by atoms with van der Waals surface area (Å²) in [6.07, 6.45) is -0.512. The van der Waals surface area contributed by atoms with Crippen molar-refractivity contribution in [3.8, 4) is 11.3 Å². The quantitative estimate of drug-likeness (QED) is 0.825. The first-order valence-electron chi connectivity index (χ1n) is 6.81. The summed E-state index contributed by atoms with van der Waals surface area (Å²) >= 11 is 0. The third-order valence-electron chi connectivity index (χ3n) is 3.53. The molecule has 22 heavy (non-hydrogen) atoms. The minimum Gasteiger partial charge on any atom is -0.369 e. The second kappa shape index (κ2) is 6.72. The van der Waals surface area contributed by atoms with E-state index in [1.807, 2.05) is 37.4 Å². The van der Waals surface area contributed by atoms with Crippen molar-refractivity contribution in [2.24, 2.45) is 12.8 Å². The highest BCUT2D eigenvalue weighted by molar-refractivity contribution is 5.92. The average Bonchev–Trinajstić information content (AvgIpc) is 2.89. The maximum Gasteiger partial charge on any atom is 0.229 e. The fourth-order valence-corrected chi connectivity index (χ4v) is 2.27. The molecule has 0 spiro atoms. The Morgan fingerprint density at radius 1 is 1.27 bits per heavy atom. The number of aryl methyl sites for hydroxylation is 1. The Morgan fingerprint density at radius 3 is 2.55 bits per heavy atom. The summed E-state index contributed by atoms with van der Waals surface area (Å²) in [5.74, 6) is 0.0950. The highest BCUT2D eigenvalue weighted by atomic mass is 16.7. The second-order valence-electron chi connectivity index (χ2n) is 4.95. The molecule has 0 unspecified atom stereocenters. The van der Waals surface area contributed by atoms with Crippen molar-refractivity contribution in [3.05, 3.63) is 47.5 Å². The monoisotopic (exact) mass is 302 g/mol. The molecule has 6 heteroatoms. The summed E-state index contributed by atoms with van der Waals surface area (Å²) in [5.41, 5.74) is 8.65. The maximum absolute atomic E-state index is 11.3. The fourth-order valence-electron chi connectivity index (χ4n) is 2.27. The number of carbonyl (C=O) groups is 1. The lowest BCUT2D eigenvalue weighted by molar-refractivity contribution is -0.115. The third-order valence-corrected chi connectivity index (χ3v) is 3.53. The number of primary amides is 1. The molecule has 0 bridgehead atoms. The summed E-state index contributed by atoms with van der Waals surface area (Å²) in [4.78, 5) is 11.3. The van der Waals surface area contributed by atoms with Gasteiger partial charge in [-0.1, -0.05) is 18.2 Å². The van der Waals surface area contributed by atoms with Crippen molar-refractivity contribution >= 4 is 5.91 Å². The van der Waals surface area contributed by atoms with E-state index >= 15 is 0 Å². The molecule has 2 N–H and O–H groups in total. The van der Waals surface area contributed by atoms with Crippen LogP contribution in [0.1, 0.15) is 24.5 Å². The van der Waals surface area contributed by atoms with E-state index in [9.17, 15) is 4.79 Å². The normalized spacial score (nSPS) is 11.4. The number of hydrogen-bond donors (Lipinski definition) is 1. The van der Waals surface area contributed by atoms with Gasteiger partial charge >= 0.3 is 0 Å². The minimum absolute atomic E-state index is 0.429. The lowest BCUT2D eigenvalue weighted by Gasteiger charge is -2.09. The van der Waals surface area contributed by atoms with Gasteiger partial charge in [-0.05, 0) is 24.6 Å². The molecule has 0 aliphatic heterocycles.